The Labute approximate surface area is 123 Å². The van der Waals surface area contributed by atoms with Crippen LogP contribution in [0.3, 0.4) is 0 Å². The van der Waals surface area contributed by atoms with E-state index in [-0.39, 0.29) is 12.5 Å². The van der Waals surface area contributed by atoms with Crippen molar-refractivity contribution in [3.63, 3.8) is 0 Å². The van der Waals surface area contributed by atoms with Gasteiger partial charge in [0.15, 0.2) is 0 Å². The number of amides is 2. The average molecular weight is 292 g/mol. The molecule has 0 radical (unpaired) electrons. The lowest BCUT2D eigenvalue weighted by Gasteiger charge is -2.20. The van der Waals surface area contributed by atoms with E-state index in [0.29, 0.717) is 5.75 Å². The van der Waals surface area contributed by atoms with Gasteiger partial charge in [0.1, 0.15) is 11.4 Å². The molecule has 0 aromatic heterocycles. The van der Waals surface area contributed by atoms with E-state index in [2.05, 4.69) is 10.6 Å². The van der Waals surface area contributed by atoms with Crippen molar-refractivity contribution in [3.8, 4) is 5.75 Å². The second-order valence-electron chi connectivity index (χ2n) is 5.88. The van der Waals surface area contributed by atoms with Gasteiger partial charge in [0.2, 0.25) is 5.91 Å². The number of hydrogen-bond acceptors (Lipinski definition) is 4. The molecule has 0 unspecified atom stereocenters. The number of alkyl carbamates (subject to hydrolysis) is 1. The Morgan fingerprint density at radius 1 is 1.38 bits per heavy atom. The lowest BCUT2D eigenvalue weighted by Crippen LogP contribution is -2.36. The van der Waals surface area contributed by atoms with Crippen LogP contribution < -0.4 is 15.4 Å². The maximum Gasteiger partial charge on any atom is 0.407 e. The number of anilines is 1. The number of carbonyl (C=O) groups excluding carboxylic acids is 2. The van der Waals surface area contributed by atoms with Crippen molar-refractivity contribution in [1.29, 1.82) is 0 Å². The van der Waals surface area contributed by atoms with Gasteiger partial charge in [-0.15, -0.1) is 0 Å². The topological polar surface area (TPSA) is 76.7 Å². The molecule has 6 heteroatoms. The summed E-state index contributed by atoms with van der Waals surface area (Å²) in [5.41, 5.74) is 1.00. The van der Waals surface area contributed by atoms with Gasteiger partial charge in [-0.3, -0.25) is 4.79 Å². The van der Waals surface area contributed by atoms with Gasteiger partial charge >= 0.3 is 6.09 Å². The standard InChI is InChI=1S/C15H20N2O4/c1-15(2,3)21-14(19)16-8-11-10-6-5-9(20-4)7-12(10)17-13(11)18/h5-7,11H,8H2,1-4H3,(H,16,19)(H,17,18)/t11-/m0/s1. The highest BCUT2D eigenvalue weighted by atomic mass is 16.6. The van der Waals surface area contributed by atoms with Crippen LogP contribution in [0.25, 0.3) is 0 Å². The number of rotatable bonds is 3. The maximum absolute atomic E-state index is 12.0. The van der Waals surface area contributed by atoms with Gasteiger partial charge in [-0.1, -0.05) is 6.07 Å². The van der Waals surface area contributed by atoms with E-state index < -0.39 is 17.6 Å². The SMILES string of the molecule is COc1ccc2c(c1)NC(=O)[C@H]2CNC(=O)OC(C)(C)C. The summed E-state index contributed by atoms with van der Waals surface area (Å²) in [4.78, 5) is 23.6. The van der Waals surface area contributed by atoms with Crippen molar-refractivity contribution < 1.29 is 19.1 Å². The van der Waals surface area contributed by atoms with Crippen LogP contribution in [0.5, 0.6) is 5.75 Å². The third-order valence-electron chi connectivity index (χ3n) is 3.06. The molecule has 0 spiro atoms. The Bertz CT molecular complexity index is 563. The first-order valence-electron chi connectivity index (χ1n) is 6.76. The zero-order valence-corrected chi connectivity index (χ0v) is 12.6. The summed E-state index contributed by atoms with van der Waals surface area (Å²) in [6.45, 7) is 5.56. The van der Waals surface area contributed by atoms with E-state index in [1.807, 2.05) is 6.07 Å². The van der Waals surface area contributed by atoms with Gasteiger partial charge in [0, 0.05) is 18.3 Å². The molecule has 1 atom stereocenters. The van der Waals surface area contributed by atoms with Crippen LogP contribution in [-0.2, 0) is 9.53 Å². The highest BCUT2D eigenvalue weighted by molar-refractivity contribution is 6.03. The average Bonchev–Trinajstić information content (AvgIpc) is 2.68. The van der Waals surface area contributed by atoms with Crippen LogP contribution in [-0.4, -0.2) is 31.3 Å². The summed E-state index contributed by atoms with van der Waals surface area (Å²) in [5.74, 6) is 0.113. The number of carbonyl (C=O) groups is 2. The minimum Gasteiger partial charge on any atom is -0.497 e. The fourth-order valence-corrected chi connectivity index (χ4v) is 2.14. The molecular weight excluding hydrogens is 272 g/mol. The van der Waals surface area contributed by atoms with E-state index in [4.69, 9.17) is 9.47 Å². The molecule has 1 aliphatic rings. The Morgan fingerprint density at radius 2 is 2.10 bits per heavy atom. The highest BCUT2D eigenvalue weighted by Crippen LogP contribution is 2.34. The molecule has 1 aliphatic heterocycles. The minimum atomic E-state index is -0.562. The Balaban J connectivity index is 2.03. The Morgan fingerprint density at radius 3 is 2.71 bits per heavy atom. The summed E-state index contributed by atoms with van der Waals surface area (Å²) in [7, 11) is 1.57. The number of ether oxygens (including phenoxy) is 2. The number of benzene rings is 1. The van der Waals surface area contributed by atoms with E-state index >= 15 is 0 Å². The van der Waals surface area contributed by atoms with Crippen molar-refractivity contribution in [2.24, 2.45) is 0 Å². The van der Waals surface area contributed by atoms with Crippen LogP contribution in [0.2, 0.25) is 0 Å². The van der Waals surface area contributed by atoms with E-state index in [1.54, 1.807) is 40.0 Å². The molecule has 6 nitrogen and oxygen atoms in total. The van der Waals surface area contributed by atoms with Crippen LogP contribution >= 0.6 is 0 Å². The van der Waals surface area contributed by atoms with Crippen LogP contribution in [0.15, 0.2) is 18.2 Å². The van der Waals surface area contributed by atoms with Crippen LogP contribution in [0.1, 0.15) is 32.3 Å². The first-order valence-corrected chi connectivity index (χ1v) is 6.76. The van der Waals surface area contributed by atoms with Crippen molar-refractivity contribution in [2.75, 3.05) is 19.0 Å². The number of methoxy groups -OCH3 is 1. The van der Waals surface area contributed by atoms with E-state index in [9.17, 15) is 9.59 Å². The molecule has 0 saturated carbocycles. The van der Waals surface area contributed by atoms with Gasteiger partial charge in [0.25, 0.3) is 0 Å². The van der Waals surface area contributed by atoms with Crippen molar-refractivity contribution >= 4 is 17.7 Å². The third-order valence-corrected chi connectivity index (χ3v) is 3.06. The molecule has 21 heavy (non-hydrogen) atoms. The second kappa shape index (κ2) is 5.63. The lowest BCUT2D eigenvalue weighted by molar-refractivity contribution is -0.116. The quantitative estimate of drug-likeness (QED) is 0.896. The smallest absolute Gasteiger partial charge is 0.407 e. The molecule has 2 amide bonds. The summed E-state index contributed by atoms with van der Waals surface area (Å²) in [6, 6.07) is 5.38. The molecule has 0 fully saturated rings. The Hall–Kier alpha value is -2.24. The van der Waals surface area contributed by atoms with Gasteiger partial charge in [-0.25, -0.2) is 4.79 Å². The van der Waals surface area contributed by atoms with Crippen molar-refractivity contribution in [3.05, 3.63) is 23.8 Å². The molecule has 1 aromatic carbocycles. The normalized spacial score (nSPS) is 17.0. The predicted octanol–water partition coefficient (Wildman–Crippen LogP) is 2.26. The predicted molar refractivity (Wildman–Crippen MR) is 78.6 cm³/mol. The minimum absolute atomic E-state index is 0.144. The van der Waals surface area contributed by atoms with Crippen molar-refractivity contribution in [2.45, 2.75) is 32.3 Å². The summed E-state index contributed by atoms with van der Waals surface area (Å²) in [5, 5.41) is 5.41. The molecule has 0 saturated heterocycles. The fraction of sp³-hybridized carbons (Fsp3) is 0.467. The molecule has 114 valence electrons. The zero-order chi connectivity index (χ0) is 15.6. The van der Waals surface area contributed by atoms with Crippen LogP contribution in [0.4, 0.5) is 10.5 Å². The zero-order valence-electron chi connectivity index (χ0n) is 12.6. The van der Waals surface area contributed by atoms with Gasteiger partial charge in [0.05, 0.1) is 13.0 Å². The molecule has 2 rings (SSSR count). The van der Waals surface area contributed by atoms with Gasteiger partial charge in [-0.2, -0.15) is 0 Å². The van der Waals surface area contributed by atoms with E-state index in [0.717, 1.165) is 11.3 Å². The molecular formula is C15H20N2O4. The molecule has 0 bridgehead atoms. The molecule has 1 heterocycles. The first kappa shape index (κ1) is 15.2. The maximum atomic E-state index is 12.0. The highest BCUT2D eigenvalue weighted by Gasteiger charge is 2.31. The summed E-state index contributed by atoms with van der Waals surface area (Å²) >= 11 is 0. The molecule has 1 aromatic rings. The Kier molecular flexibility index (Phi) is 4.06. The molecule has 0 aliphatic carbocycles. The van der Waals surface area contributed by atoms with Gasteiger partial charge in [-0.05, 0) is 32.4 Å². The van der Waals surface area contributed by atoms with Gasteiger partial charge < -0.3 is 20.1 Å². The lowest BCUT2D eigenvalue weighted by atomic mass is 10.0. The monoisotopic (exact) mass is 292 g/mol. The second-order valence-corrected chi connectivity index (χ2v) is 5.88. The number of hydrogen-bond donors (Lipinski definition) is 2. The fourth-order valence-electron chi connectivity index (χ4n) is 2.14. The number of fused-ring (bicyclic) bond motifs is 1. The van der Waals surface area contributed by atoms with Crippen molar-refractivity contribution in [1.82, 2.24) is 5.32 Å². The first-order chi connectivity index (χ1) is 9.80. The number of nitrogens with one attached hydrogen (secondary N) is 2. The van der Waals surface area contributed by atoms with E-state index in [1.165, 1.54) is 0 Å². The largest absolute Gasteiger partial charge is 0.497 e. The third kappa shape index (κ3) is 3.65. The van der Waals surface area contributed by atoms with Crippen LogP contribution in [0, 0.1) is 0 Å². The molecule has 2 N–H and O–H groups in total. The summed E-state index contributed by atoms with van der Waals surface area (Å²) in [6.07, 6.45) is -0.530. The summed E-state index contributed by atoms with van der Waals surface area (Å²) < 4.78 is 10.3.